The predicted molar refractivity (Wildman–Crippen MR) is 123 cm³/mol. The van der Waals surface area contributed by atoms with Gasteiger partial charge in [-0.1, -0.05) is 6.42 Å². The Balaban J connectivity index is 1.56. The quantitative estimate of drug-likeness (QED) is 0.397. The summed E-state index contributed by atoms with van der Waals surface area (Å²) in [5.74, 6) is -0.867. The van der Waals surface area contributed by atoms with E-state index < -0.39 is 35.1 Å². The number of carbonyl (C=O) groups is 3. The van der Waals surface area contributed by atoms with Gasteiger partial charge in [0.1, 0.15) is 22.7 Å². The summed E-state index contributed by atoms with van der Waals surface area (Å²) in [6, 6.07) is 10.4. The Kier molecular flexibility index (Phi) is 8.61. The zero-order chi connectivity index (χ0) is 24.6. The lowest BCUT2D eigenvalue weighted by Gasteiger charge is -2.26. The van der Waals surface area contributed by atoms with E-state index in [2.05, 4.69) is 5.32 Å². The van der Waals surface area contributed by atoms with E-state index in [1.165, 1.54) is 53.9 Å². The second kappa shape index (κ2) is 11.6. The van der Waals surface area contributed by atoms with Gasteiger partial charge in [-0.15, -0.1) is 0 Å². The van der Waals surface area contributed by atoms with Crippen LogP contribution in [0.25, 0.3) is 0 Å². The van der Waals surface area contributed by atoms with Crippen LogP contribution in [-0.2, 0) is 24.3 Å². The summed E-state index contributed by atoms with van der Waals surface area (Å²) in [5.41, 5.74) is 0.695. The summed E-state index contributed by atoms with van der Waals surface area (Å²) in [7, 11) is -2.42. The summed E-state index contributed by atoms with van der Waals surface area (Å²) >= 11 is 0. The minimum atomic E-state index is -3.79. The van der Waals surface area contributed by atoms with Crippen molar-refractivity contribution in [3.05, 3.63) is 48.0 Å². The van der Waals surface area contributed by atoms with Crippen molar-refractivity contribution in [3.63, 3.8) is 0 Å². The molecular weight excluding hydrogens is 464 g/mol. The normalized spacial score (nSPS) is 14.1. The van der Waals surface area contributed by atoms with Crippen molar-refractivity contribution in [1.29, 1.82) is 0 Å². The summed E-state index contributed by atoms with van der Waals surface area (Å²) in [5, 5.41) is 2.52. The molecule has 3 rings (SSSR count). The molecule has 0 saturated carbocycles. The molecule has 0 bridgehead atoms. The molecule has 0 unspecified atom stereocenters. The van der Waals surface area contributed by atoms with Crippen LogP contribution >= 0.6 is 0 Å². The molecule has 0 aromatic heterocycles. The van der Waals surface area contributed by atoms with Gasteiger partial charge >= 0.3 is 5.97 Å². The lowest BCUT2D eigenvalue weighted by atomic mass is 10.2. The highest BCUT2D eigenvalue weighted by molar-refractivity contribution is 7.89. The van der Waals surface area contributed by atoms with Crippen LogP contribution in [0.1, 0.15) is 29.6 Å². The zero-order valence-electron chi connectivity index (χ0n) is 18.7. The molecule has 0 aliphatic carbocycles. The molecule has 1 aliphatic rings. The monoisotopic (exact) mass is 490 g/mol. The Morgan fingerprint density at radius 2 is 1.74 bits per heavy atom. The van der Waals surface area contributed by atoms with Crippen molar-refractivity contribution in [3.8, 4) is 11.5 Å². The Morgan fingerprint density at radius 1 is 1.03 bits per heavy atom. The fourth-order valence-electron chi connectivity index (χ4n) is 3.37. The number of amides is 1. The summed E-state index contributed by atoms with van der Waals surface area (Å²) in [6.45, 7) is -0.135. The molecule has 0 spiro atoms. The average molecular weight is 491 g/mol. The van der Waals surface area contributed by atoms with Gasteiger partial charge in [-0.3, -0.25) is 9.59 Å². The van der Waals surface area contributed by atoms with Crippen LogP contribution < -0.4 is 14.8 Å². The van der Waals surface area contributed by atoms with Crippen molar-refractivity contribution < 1.29 is 37.0 Å². The van der Waals surface area contributed by atoms with E-state index in [0.717, 1.165) is 19.3 Å². The van der Waals surface area contributed by atoms with E-state index in [-0.39, 0.29) is 16.3 Å². The molecular formula is C23H26N2O8S. The molecule has 1 N–H and O–H groups in total. The topological polar surface area (TPSA) is 128 Å². The molecule has 0 radical (unpaired) electrons. The molecule has 1 aliphatic heterocycles. The zero-order valence-corrected chi connectivity index (χ0v) is 19.5. The third-order valence-electron chi connectivity index (χ3n) is 5.12. The van der Waals surface area contributed by atoms with Gasteiger partial charge in [0.15, 0.2) is 13.2 Å². The number of hydrogen-bond donors (Lipinski definition) is 1. The van der Waals surface area contributed by atoms with Crippen LogP contribution in [0.15, 0.2) is 47.4 Å². The third kappa shape index (κ3) is 6.55. The smallest absolute Gasteiger partial charge is 0.344 e. The highest BCUT2D eigenvalue weighted by Gasteiger charge is 2.29. The molecule has 0 atom stereocenters. The maximum atomic E-state index is 13.1. The van der Waals surface area contributed by atoms with Crippen LogP contribution in [-0.4, -0.2) is 64.3 Å². The highest BCUT2D eigenvalue weighted by atomic mass is 32.2. The highest BCUT2D eigenvalue weighted by Crippen LogP contribution is 2.31. The Labute approximate surface area is 197 Å². The van der Waals surface area contributed by atoms with Gasteiger partial charge in [0.05, 0.1) is 7.11 Å². The maximum Gasteiger partial charge on any atom is 0.344 e. The number of esters is 1. The number of carbonyl (C=O) groups excluding carboxylic acids is 3. The predicted octanol–water partition coefficient (Wildman–Crippen LogP) is 2.24. The lowest BCUT2D eigenvalue weighted by Crippen LogP contribution is -2.35. The number of methoxy groups -OCH3 is 1. The van der Waals surface area contributed by atoms with Crippen molar-refractivity contribution in [1.82, 2.24) is 4.31 Å². The summed E-state index contributed by atoms with van der Waals surface area (Å²) < 4.78 is 42.9. The van der Waals surface area contributed by atoms with E-state index in [1.54, 1.807) is 0 Å². The van der Waals surface area contributed by atoms with Gasteiger partial charge in [-0.05, 0) is 55.3 Å². The van der Waals surface area contributed by atoms with Crippen molar-refractivity contribution in [2.24, 2.45) is 0 Å². The van der Waals surface area contributed by atoms with E-state index in [9.17, 15) is 22.8 Å². The number of nitrogens with zero attached hydrogens (tertiary/aromatic N) is 1. The second-order valence-corrected chi connectivity index (χ2v) is 9.42. The van der Waals surface area contributed by atoms with Gasteiger partial charge < -0.3 is 19.5 Å². The molecule has 11 heteroatoms. The van der Waals surface area contributed by atoms with E-state index in [1.807, 2.05) is 0 Å². The molecule has 1 fully saturated rings. The molecule has 1 heterocycles. The third-order valence-corrected chi connectivity index (χ3v) is 7.04. The van der Waals surface area contributed by atoms with E-state index in [4.69, 9.17) is 14.2 Å². The maximum absolute atomic E-state index is 13.1. The van der Waals surface area contributed by atoms with Gasteiger partial charge in [-0.2, -0.15) is 4.31 Å². The van der Waals surface area contributed by atoms with Crippen molar-refractivity contribution in [2.75, 3.05) is 38.7 Å². The number of rotatable bonds is 10. The van der Waals surface area contributed by atoms with Crippen molar-refractivity contribution in [2.45, 2.75) is 24.2 Å². The number of benzene rings is 2. The minimum Gasteiger partial charge on any atom is -0.495 e. The number of aldehydes is 1. The van der Waals surface area contributed by atoms with Crippen molar-refractivity contribution >= 4 is 33.9 Å². The Bertz CT molecular complexity index is 1130. The molecule has 34 heavy (non-hydrogen) atoms. The first-order chi connectivity index (χ1) is 16.3. The molecule has 2 aromatic carbocycles. The first-order valence-electron chi connectivity index (χ1n) is 10.6. The lowest BCUT2D eigenvalue weighted by molar-refractivity contribution is -0.149. The molecule has 1 saturated heterocycles. The fourth-order valence-corrected chi connectivity index (χ4v) is 5.07. The molecule has 182 valence electrons. The van der Waals surface area contributed by atoms with Crippen LogP contribution in [0.2, 0.25) is 0 Å². The summed E-state index contributed by atoms with van der Waals surface area (Å²) in [4.78, 5) is 34.7. The second-order valence-electron chi connectivity index (χ2n) is 7.51. The largest absolute Gasteiger partial charge is 0.495 e. The van der Waals surface area contributed by atoms with Crippen LogP contribution in [0.3, 0.4) is 0 Å². The Morgan fingerprint density at radius 3 is 2.38 bits per heavy atom. The minimum absolute atomic E-state index is 0.0410. The molecule has 1 amide bonds. The average Bonchev–Trinajstić information content (AvgIpc) is 2.87. The molecule has 2 aromatic rings. The van der Waals surface area contributed by atoms with Crippen LogP contribution in [0.5, 0.6) is 11.5 Å². The number of anilines is 1. The van der Waals surface area contributed by atoms with Gasteiger partial charge in [0.2, 0.25) is 10.0 Å². The SMILES string of the molecule is COc1ccc(NC(=O)COC(=O)COc2ccc(C=O)cc2)cc1S(=O)(=O)N1CCCCC1. The number of ether oxygens (including phenoxy) is 3. The number of piperidine rings is 1. The Hall–Kier alpha value is -3.44. The van der Waals surface area contributed by atoms with E-state index >= 15 is 0 Å². The summed E-state index contributed by atoms with van der Waals surface area (Å²) in [6.07, 6.45) is 3.25. The molecule has 10 nitrogen and oxygen atoms in total. The van der Waals surface area contributed by atoms with Gasteiger partial charge in [-0.25, -0.2) is 13.2 Å². The number of sulfonamides is 1. The van der Waals surface area contributed by atoms with Gasteiger partial charge in [0, 0.05) is 24.3 Å². The van der Waals surface area contributed by atoms with Crippen LogP contribution in [0.4, 0.5) is 5.69 Å². The number of hydrogen-bond acceptors (Lipinski definition) is 8. The fraction of sp³-hybridized carbons (Fsp3) is 0.348. The van der Waals surface area contributed by atoms with Gasteiger partial charge in [0.25, 0.3) is 5.91 Å². The first kappa shape index (κ1) is 25.2. The standard InChI is InChI=1S/C23H26N2O8S/c1-31-20-10-7-18(13-21(20)34(29,30)25-11-3-2-4-12-25)24-22(27)15-33-23(28)16-32-19-8-5-17(14-26)6-9-19/h5-10,13-14H,2-4,11-12,15-16H2,1H3,(H,24,27). The first-order valence-corrected chi connectivity index (χ1v) is 12.1. The number of nitrogens with one attached hydrogen (secondary N) is 1. The van der Waals surface area contributed by atoms with Crippen LogP contribution in [0, 0.1) is 0 Å². The van der Waals surface area contributed by atoms with E-state index in [0.29, 0.717) is 30.7 Å².